The van der Waals surface area contributed by atoms with Crippen molar-refractivity contribution in [2.75, 3.05) is 20.2 Å². The van der Waals surface area contributed by atoms with Crippen molar-refractivity contribution in [3.05, 3.63) is 29.8 Å². The molecule has 2 N–H and O–H groups in total. The van der Waals surface area contributed by atoms with E-state index in [1.165, 1.54) is 18.6 Å². The summed E-state index contributed by atoms with van der Waals surface area (Å²) in [4.78, 5) is -0.0666. The fraction of sp³-hybridized carbons (Fsp3) is 0.500. The number of hydrogen-bond donors (Lipinski definition) is 2. The van der Waals surface area contributed by atoms with Gasteiger partial charge in [0.2, 0.25) is 0 Å². The number of aryl methyl sites for hydroxylation is 1. The van der Waals surface area contributed by atoms with Gasteiger partial charge in [-0.3, -0.25) is 4.55 Å². The molecule has 102 valence electrons. The van der Waals surface area contributed by atoms with Crippen LogP contribution in [0.15, 0.2) is 29.2 Å². The van der Waals surface area contributed by atoms with Gasteiger partial charge < -0.3 is 10.1 Å². The fourth-order valence-corrected chi connectivity index (χ4v) is 2.02. The molecule has 0 saturated carbocycles. The summed E-state index contributed by atoms with van der Waals surface area (Å²) in [5, 5.41) is 3.20. The fourth-order valence-electron chi connectivity index (χ4n) is 1.54. The molecule has 0 bridgehead atoms. The van der Waals surface area contributed by atoms with Crippen LogP contribution >= 0.6 is 0 Å². The highest BCUT2D eigenvalue weighted by Crippen LogP contribution is 2.08. The van der Waals surface area contributed by atoms with Gasteiger partial charge in [0.1, 0.15) is 0 Å². The van der Waals surface area contributed by atoms with E-state index < -0.39 is 10.1 Å². The lowest BCUT2D eigenvalue weighted by atomic mass is 10.2. The van der Waals surface area contributed by atoms with E-state index in [1.807, 2.05) is 6.92 Å². The molecule has 2 rings (SSSR count). The Hall–Kier alpha value is -0.950. The van der Waals surface area contributed by atoms with Gasteiger partial charge in [0.15, 0.2) is 0 Å². The zero-order chi connectivity index (χ0) is 13.6. The molecule has 1 aromatic rings. The maximum Gasteiger partial charge on any atom is 0.294 e. The van der Waals surface area contributed by atoms with Gasteiger partial charge in [0, 0.05) is 13.7 Å². The Bertz CT molecular complexity index is 449. The first-order valence-electron chi connectivity index (χ1n) is 5.71. The molecular weight excluding hydrogens is 254 g/mol. The Morgan fingerprint density at radius 3 is 2.28 bits per heavy atom. The molecule has 18 heavy (non-hydrogen) atoms. The van der Waals surface area contributed by atoms with Gasteiger partial charge in [-0.2, -0.15) is 8.42 Å². The predicted molar refractivity (Wildman–Crippen MR) is 69.3 cm³/mol. The summed E-state index contributed by atoms with van der Waals surface area (Å²) < 4.78 is 34.6. The zero-order valence-corrected chi connectivity index (χ0v) is 11.4. The highest BCUT2D eigenvalue weighted by Gasteiger charge is 2.11. The van der Waals surface area contributed by atoms with Crippen molar-refractivity contribution in [2.45, 2.75) is 24.3 Å². The topological polar surface area (TPSA) is 75.6 Å². The first-order valence-corrected chi connectivity index (χ1v) is 7.15. The number of rotatable bonds is 2. The standard InChI is InChI=1S/C7H8O3S.C5H11NO/c1-6-2-4-7(5-3-6)11(8,9)10;1-7-5-2-3-6-4-5/h2-5H,1H3,(H,8,9,10);5-6H,2-4H2,1H3/t;5-/m.1/s1. The summed E-state index contributed by atoms with van der Waals surface area (Å²) >= 11 is 0. The molecule has 0 aliphatic carbocycles. The van der Waals surface area contributed by atoms with Crippen LogP contribution in [0.5, 0.6) is 0 Å². The van der Waals surface area contributed by atoms with E-state index in [9.17, 15) is 8.42 Å². The van der Waals surface area contributed by atoms with Gasteiger partial charge in [-0.05, 0) is 32.0 Å². The summed E-state index contributed by atoms with van der Waals surface area (Å²) in [6.07, 6.45) is 1.66. The average Bonchev–Trinajstić information content (AvgIpc) is 2.82. The largest absolute Gasteiger partial charge is 0.380 e. The summed E-state index contributed by atoms with van der Waals surface area (Å²) in [5.74, 6) is 0. The van der Waals surface area contributed by atoms with Crippen molar-refractivity contribution in [2.24, 2.45) is 0 Å². The highest BCUT2D eigenvalue weighted by molar-refractivity contribution is 7.85. The molecule has 6 heteroatoms. The van der Waals surface area contributed by atoms with E-state index in [0.29, 0.717) is 6.10 Å². The van der Waals surface area contributed by atoms with E-state index in [2.05, 4.69) is 5.32 Å². The van der Waals surface area contributed by atoms with Crippen LogP contribution in [0, 0.1) is 6.92 Å². The van der Waals surface area contributed by atoms with Crippen LogP contribution in [-0.4, -0.2) is 39.3 Å². The number of methoxy groups -OCH3 is 1. The Labute approximate surface area is 108 Å². The number of ether oxygens (including phenoxy) is 1. The number of benzene rings is 1. The first-order chi connectivity index (χ1) is 8.43. The predicted octanol–water partition coefficient (Wildman–Crippen LogP) is 1.24. The minimum Gasteiger partial charge on any atom is -0.380 e. The molecule has 1 atom stereocenters. The van der Waals surface area contributed by atoms with Crippen LogP contribution in [0.3, 0.4) is 0 Å². The molecule has 1 fully saturated rings. The third-order valence-electron chi connectivity index (χ3n) is 2.67. The summed E-state index contributed by atoms with van der Waals surface area (Å²) in [6.45, 7) is 4.00. The minimum absolute atomic E-state index is 0.0666. The lowest BCUT2D eigenvalue weighted by molar-refractivity contribution is 0.119. The van der Waals surface area contributed by atoms with Crippen LogP contribution in [0.25, 0.3) is 0 Å². The molecular formula is C12H19NO4S. The van der Waals surface area contributed by atoms with Gasteiger partial charge in [-0.25, -0.2) is 0 Å². The van der Waals surface area contributed by atoms with E-state index >= 15 is 0 Å². The summed E-state index contributed by atoms with van der Waals surface area (Å²) in [5.41, 5.74) is 0.956. The average molecular weight is 273 g/mol. The highest BCUT2D eigenvalue weighted by atomic mass is 32.2. The van der Waals surface area contributed by atoms with Crippen LogP contribution in [0.1, 0.15) is 12.0 Å². The Balaban J connectivity index is 0.000000199. The normalized spacial score (nSPS) is 19.2. The molecule has 1 aliphatic heterocycles. The van der Waals surface area contributed by atoms with Crippen molar-refractivity contribution < 1.29 is 17.7 Å². The molecule has 1 saturated heterocycles. The van der Waals surface area contributed by atoms with Gasteiger partial charge in [0.05, 0.1) is 11.0 Å². The van der Waals surface area contributed by atoms with Crippen LogP contribution in [0.4, 0.5) is 0 Å². The third kappa shape index (κ3) is 5.14. The minimum atomic E-state index is -4.02. The quantitative estimate of drug-likeness (QED) is 0.793. The van der Waals surface area contributed by atoms with Crippen molar-refractivity contribution >= 4 is 10.1 Å². The second-order valence-electron chi connectivity index (χ2n) is 4.14. The Kier molecular flexibility index (Phi) is 5.74. The second-order valence-corrected chi connectivity index (χ2v) is 5.56. The van der Waals surface area contributed by atoms with Gasteiger partial charge in [-0.1, -0.05) is 17.7 Å². The van der Waals surface area contributed by atoms with Gasteiger partial charge in [0.25, 0.3) is 10.1 Å². The third-order valence-corrected chi connectivity index (χ3v) is 3.54. The van der Waals surface area contributed by atoms with E-state index in [-0.39, 0.29) is 4.90 Å². The molecule has 0 radical (unpaired) electrons. The maximum absolute atomic E-state index is 10.5. The SMILES string of the molecule is CO[C@@H]1CCNC1.Cc1ccc(S(=O)(=O)O)cc1. The maximum atomic E-state index is 10.5. The van der Waals surface area contributed by atoms with Gasteiger partial charge in [-0.15, -0.1) is 0 Å². The van der Waals surface area contributed by atoms with Crippen molar-refractivity contribution in [3.8, 4) is 0 Å². The number of nitrogens with one attached hydrogen (secondary N) is 1. The first kappa shape index (κ1) is 15.1. The van der Waals surface area contributed by atoms with E-state index in [4.69, 9.17) is 9.29 Å². The zero-order valence-electron chi connectivity index (χ0n) is 10.6. The van der Waals surface area contributed by atoms with Crippen molar-refractivity contribution in [3.63, 3.8) is 0 Å². The second kappa shape index (κ2) is 6.84. The summed E-state index contributed by atoms with van der Waals surface area (Å²) in [7, 11) is -2.26. The van der Waals surface area contributed by atoms with Crippen molar-refractivity contribution in [1.82, 2.24) is 5.32 Å². The Morgan fingerprint density at radius 2 is 1.94 bits per heavy atom. The van der Waals surface area contributed by atoms with Crippen LogP contribution < -0.4 is 5.32 Å². The Morgan fingerprint density at radius 1 is 1.33 bits per heavy atom. The van der Waals surface area contributed by atoms with E-state index in [0.717, 1.165) is 18.7 Å². The number of hydrogen-bond acceptors (Lipinski definition) is 4. The monoisotopic (exact) mass is 273 g/mol. The molecule has 1 heterocycles. The van der Waals surface area contributed by atoms with Gasteiger partial charge >= 0.3 is 0 Å². The lowest BCUT2D eigenvalue weighted by Gasteiger charge is -2.01. The molecule has 0 amide bonds. The molecule has 5 nitrogen and oxygen atoms in total. The van der Waals surface area contributed by atoms with Crippen LogP contribution in [0.2, 0.25) is 0 Å². The summed E-state index contributed by atoms with van der Waals surface area (Å²) in [6, 6.07) is 5.99. The lowest BCUT2D eigenvalue weighted by Crippen LogP contribution is -2.14. The molecule has 0 unspecified atom stereocenters. The smallest absolute Gasteiger partial charge is 0.294 e. The van der Waals surface area contributed by atoms with E-state index in [1.54, 1.807) is 19.2 Å². The van der Waals surface area contributed by atoms with Crippen molar-refractivity contribution in [1.29, 1.82) is 0 Å². The molecule has 0 aromatic heterocycles. The molecule has 1 aromatic carbocycles. The van der Waals surface area contributed by atoms with Crippen LogP contribution in [-0.2, 0) is 14.9 Å². The molecule has 1 aliphatic rings. The molecule has 0 spiro atoms.